The molecule has 2 aromatic carbocycles. The normalized spacial score (nSPS) is 13.4. The molecule has 0 fully saturated rings. The summed E-state index contributed by atoms with van der Waals surface area (Å²) in [5, 5.41) is 0. The summed E-state index contributed by atoms with van der Waals surface area (Å²) in [5.41, 5.74) is 1.33. The zero-order valence-electron chi connectivity index (χ0n) is 16.1. The highest BCUT2D eigenvalue weighted by atomic mass is 32.1. The van der Waals surface area contributed by atoms with Gasteiger partial charge in [0.05, 0.1) is 24.4 Å². The van der Waals surface area contributed by atoms with E-state index in [9.17, 15) is 4.79 Å². The van der Waals surface area contributed by atoms with Crippen LogP contribution in [0.2, 0.25) is 0 Å². The first-order valence-electron chi connectivity index (χ1n) is 8.99. The van der Waals surface area contributed by atoms with Gasteiger partial charge in [-0.15, -0.1) is 6.58 Å². The fraction of sp³-hybridized carbons (Fsp3) is 0.238. The van der Waals surface area contributed by atoms with Crippen molar-refractivity contribution in [3.05, 3.63) is 53.4 Å². The van der Waals surface area contributed by atoms with Crippen LogP contribution in [0, 0.1) is 0 Å². The van der Waals surface area contributed by atoms with Gasteiger partial charge in [0.1, 0.15) is 13.2 Å². The first-order valence-corrected chi connectivity index (χ1v) is 9.81. The first-order chi connectivity index (χ1) is 14.1. The molecule has 2 heterocycles. The number of hydrogen-bond donors (Lipinski definition) is 0. The maximum atomic E-state index is 12.8. The van der Waals surface area contributed by atoms with Crippen LogP contribution in [0.15, 0.2) is 48.0 Å². The number of ether oxygens (including phenoxy) is 4. The van der Waals surface area contributed by atoms with Gasteiger partial charge in [0.15, 0.2) is 27.8 Å². The summed E-state index contributed by atoms with van der Waals surface area (Å²) in [6.45, 7) is 5.36. The summed E-state index contributed by atoms with van der Waals surface area (Å²) in [6.07, 6.45) is 1.77. The Kier molecular flexibility index (Phi) is 5.26. The van der Waals surface area contributed by atoms with Gasteiger partial charge in [-0.25, -0.2) is 0 Å². The lowest BCUT2D eigenvalue weighted by molar-refractivity contribution is 0.0997. The van der Waals surface area contributed by atoms with Crippen LogP contribution in [0.1, 0.15) is 10.4 Å². The highest BCUT2D eigenvalue weighted by Gasteiger charge is 2.17. The predicted octanol–water partition coefficient (Wildman–Crippen LogP) is 3.42. The van der Waals surface area contributed by atoms with Crippen LogP contribution in [0.3, 0.4) is 0 Å². The van der Waals surface area contributed by atoms with E-state index in [1.807, 2.05) is 16.7 Å². The number of hydrogen-bond acceptors (Lipinski definition) is 6. The number of amides is 1. The van der Waals surface area contributed by atoms with E-state index in [4.69, 9.17) is 18.9 Å². The molecule has 1 amide bonds. The monoisotopic (exact) mass is 412 g/mol. The van der Waals surface area contributed by atoms with Crippen molar-refractivity contribution in [1.29, 1.82) is 0 Å². The maximum absolute atomic E-state index is 12.8. The topological polar surface area (TPSA) is 71.3 Å². The molecule has 0 aliphatic carbocycles. The molecule has 1 aliphatic rings. The molecule has 0 saturated heterocycles. The van der Waals surface area contributed by atoms with Gasteiger partial charge in [0, 0.05) is 24.2 Å². The molecule has 0 N–H and O–H groups in total. The molecule has 3 aromatic rings. The Hall–Kier alpha value is -3.26. The zero-order valence-corrected chi connectivity index (χ0v) is 17.0. The van der Waals surface area contributed by atoms with Gasteiger partial charge in [-0.2, -0.15) is 4.99 Å². The summed E-state index contributed by atoms with van der Waals surface area (Å²) < 4.78 is 24.8. The minimum absolute atomic E-state index is 0.368. The molecule has 29 heavy (non-hydrogen) atoms. The van der Waals surface area contributed by atoms with Gasteiger partial charge < -0.3 is 23.5 Å². The Balaban J connectivity index is 1.81. The molecule has 0 radical (unpaired) electrons. The second kappa shape index (κ2) is 8.00. The van der Waals surface area contributed by atoms with E-state index < -0.39 is 0 Å². The van der Waals surface area contributed by atoms with Gasteiger partial charge in [-0.1, -0.05) is 17.4 Å². The van der Waals surface area contributed by atoms with Crippen LogP contribution in [0.4, 0.5) is 0 Å². The number of allylic oxidation sites excluding steroid dienone is 1. The van der Waals surface area contributed by atoms with Crippen LogP contribution in [0.5, 0.6) is 23.0 Å². The number of thiazole rings is 1. The van der Waals surface area contributed by atoms with Gasteiger partial charge in [0.2, 0.25) is 0 Å². The molecule has 4 rings (SSSR count). The van der Waals surface area contributed by atoms with Crippen molar-refractivity contribution in [1.82, 2.24) is 4.57 Å². The van der Waals surface area contributed by atoms with Crippen LogP contribution in [-0.2, 0) is 6.54 Å². The second-order valence-electron chi connectivity index (χ2n) is 6.23. The lowest BCUT2D eigenvalue weighted by atomic mass is 10.2. The summed E-state index contributed by atoms with van der Waals surface area (Å²) in [7, 11) is 3.07. The van der Waals surface area contributed by atoms with Crippen molar-refractivity contribution in [3.63, 3.8) is 0 Å². The number of aromatic nitrogens is 1. The zero-order chi connectivity index (χ0) is 20.4. The van der Waals surface area contributed by atoms with Crippen LogP contribution in [-0.4, -0.2) is 37.9 Å². The van der Waals surface area contributed by atoms with E-state index in [0.717, 1.165) is 10.2 Å². The Morgan fingerprint density at radius 2 is 1.90 bits per heavy atom. The number of methoxy groups -OCH3 is 2. The van der Waals surface area contributed by atoms with E-state index in [2.05, 4.69) is 11.6 Å². The van der Waals surface area contributed by atoms with Gasteiger partial charge in [-0.05, 0) is 18.2 Å². The fourth-order valence-electron chi connectivity index (χ4n) is 3.12. The third kappa shape index (κ3) is 3.58. The molecular weight excluding hydrogens is 392 g/mol. The minimum Gasteiger partial charge on any atom is -0.493 e. The van der Waals surface area contributed by atoms with E-state index >= 15 is 0 Å². The Labute approximate surface area is 171 Å². The SMILES string of the molecule is C=CCn1c(=NC(=O)c2ccc(OC)c(OC)c2)sc2cc3c(cc21)OCCO3. The molecular formula is C21H20N2O5S. The van der Waals surface area contributed by atoms with Crippen molar-refractivity contribution >= 4 is 27.5 Å². The summed E-state index contributed by atoms with van der Waals surface area (Å²) in [6, 6.07) is 8.82. The number of carbonyl (C=O) groups is 1. The largest absolute Gasteiger partial charge is 0.493 e. The van der Waals surface area contributed by atoms with E-state index in [1.165, 1.54) is 18.4 Å². The molecule has 0 bridgehead atoms. The quantitative estimate of drug-likeness (QED) is 0.601. The third-order valence-corrected chi connectivity index (χ3v) is 5.53. The molecule has 7 nitrogen and oxygen atoms in total. The smallest absolute Gasteiger partial charge is 0.279 e. The number of benzene rings is 2. The van der Waals surface area contributed by atoms with Crippen LogP contribution >= 0.6 is 11.3 Å². The number of nitrogens with zero attached hydrogens (tertiary/aromatic N) is 2. The highest BCUT2D eigenvalue weighted by Crippen LogP contribution is 2.35. The molecule has 0 spiro atoms. The standard InChI is InChI=1S/C21H20N2O5S/c1-4-7-23-14-11-17-18(28-9-8-27-17)12-19(14)29-21(23)22-20(24)13-5-6-15(25-2)16(10-13)26-3/h4-6,10-12H,1,7-9H2,2-3H3. The van der Waals surface area contributed by atoms with Gasteiger partial charge >= 0.3 is 0 Å². The molecule has 0 saturated carbocycles. The summed E-state index contributed by atoms with van der Waals surface area (Å²) in [5.74, 6) is 2.06. The van der Waals surface area contributed by atoms with Crippen molar-refractivity contribution in [2.75, 3.05) is 27.4 Å². The lowest BCUT2D eigenvalue weighted by Crippen LogP contribution is -2.17. The van der Waals surface area contributed by atoms with Crippen LogP contribution in [0.25, 0.3) is 10.2 Å². The fourth-order valence-corrected chi connectivity index (χ4v) is 4.17. The minimum atomic E-state index is -0.368. The Bertz CT molecular complexity index is 1160. The molecule has 150 valence electrons. The molecule has 8 heteroatoms. The number of rotatable bonds is 5. The average molecular weight is 412 g/mol. The first kappa shape index (κ1) is 19.1. The average Bonchev–Trinajstić information content (AvgIpc) is 3.07. The number of carbonyl (C=O) groups excluding carboxylic acids is 1. The van der Waals surface area contributed by atoms with E-state index in [1.54, 1.807) is 31.4 Å². The molecule has 0 atom stereocenters. The van der Waals surface area contributed by atoms with E-state index in [-0.39, 0.29) is 5.91 Å². The molecule has 1 aromatic heterocycles. The molecule has 0 unspecified atom stereocenters. The summed E-state index contributed by atoms with van der Waals surface area (Å²) in [4.78, 5) is 17.8. The Morgan fingerprint density at radius 1 is 1.17 bits per heavy atom. The lowest BCUT2D eigenvalue weighted by Gasteiger charge is -2.18. The van der Waals surface area contributed by atoms with Crippen molar-refractivity contribution in [3.8, 4) is 23.0 Å². The number of fused-ring (bicyclic) bond motifs is 2. The predicted molar refractivity (Wildman–Crippen MR) is 110 cm³/mol. The van der Waals surface area contributed by atoms with Crippen LogP contribution < -0.4 is 23.7 Å². The maximum Gasteiger partial charge on any atom is 0.279 e. The van der Waals surface area contributed by atoms with Gasteiger partial charge in [-0.3, -0.25) is 4.79 Å². The van der Waals surface area contributed by atoms with Gasteiger partial charge in [0.25, 0.3) is 5.91 Å². The summed E-state index contributed by atoms with van der Waals surface area (Å²) >= 11 is 1.41. The second-order valence-corrected chi connectivity index (χ2v) is 7.24. The molecule has 1 aliphatic heterocycles. The van der Waals surface area contributed by atoms with Crippen molar-refractivity contribution < 1.29 is 23.7 Å². The van der Waals surface area contributed by atoms with Crippen molar-refractivity contribution in [2.45, 2.75) is 6.54 Å². The van der Waals surface area contributed by atoms with E-state index in [0.29, 0.717) is 53.1 Å². The Morgan fingerprint density at radius 3 is 2.59 bits per heavy atom. The van der Waals surface area contributed by atoms with Crippen molar-refractivity contribution in [2.24, 2.45) is 4.99 Å². The highest BCUT2D eigenvalue weighted by molar-refractivity contribution is 7.16. The third-order valence-electron chi connectivity index (χ3n) is 4.49.